The molecule has 1 amide bonds. The van der Waals surface area contributed by atoms with Crippen LogP contribution in [0.5, 0.6) is 0 Å². The Morgan fingerprint density at radius 1 is 1.17 bits per heavy atom. The van der Waals surface area contributed by atoms with Gasteiger partial charge in [0.05, 0.1) is 28.8 Å². The van der Waals surface area contributed by atoms with Gasteiger partial charge >= 0.3 is 5.97 Å². The average molecular weight is 445 g/mol. The molecule has 2 N–H and O–H groups in total. The summed E-state index contributed by atoms with van der Waals surface area (Å²) < 4.78 is 36.9. The van der Waals surface area contributed by atoms with Crippen molar-refractivity contribution in [3.8, 4) is 6.07 Å². The fourth-order valence-electron chi connectivity index (χ4n) is 2.30. The number of nitriles is 1. The summed E-state index contributed by atoms with van der Waals surface area (Å²) in [5, 5.41) is 13.4. The van der Waals surface area contributed by atoms with Gasteiger partial charge in [0, 0.05) is 0 Å². The van der Waals surface area contributed by atoms with E-state index in [1.807, 2.05) is 6.07 Å². The normalized spacial score (nSPS) is 10.9. The fourth-order valence-corrected chi connectivity index (χ4v) is 4.05. The Morgan fingerprint density at radius 3 is 2.60 bits per heavy atom. The molecule has 0 saturated carbocycles. The molecule has 30 heavy (non-hydrogen) atoms. The number of ether oxygens (including phenoxy) is 1. The number of esters is 1. The molecule has 0 fully saturated rings. The first-order chi connectivity index (χ1) is 14.4. The van der Waals surface area contributed by atoms with Crippen LogP contribution in [0.3, 0.4) is 0 Å². The van der Waals surface area contributed by atoms with Gasteiger partial charge in [0.1, 0.15) is 16.8 Å². The van der Waals surface area contributed by atoms with Crippen LogP contribution in [0.1, 0.15) is 21.7 Å². The summed E-state index contributed by atoms with van der Waals surface area (Å²) in [6.07, 6.45) is 1.44. The van der Waals surface area contributed by atoms with E-state index in [4.69, 9.17) is 14.4 Å². The predicted octanol–water partition coefficient (Wildman–Crippen LogP) is 2.49. The van der Waals surface area contributed by atoms with Crippen molar-refractivity contribution in [3.05, 3.63) is 71.0 Å². The summed E-state index contributed by atoms with van der Waals surface area (Å²) in [6.45, 7) is -0.557. The van der Waals surface area contributed by atoms with E-state index in [0.717, 1.165) is 0 Å². The number of hydrogen-bond donors (Lipinski definition) is 2. The Balaban J connectivity index is 1.54. The second kappa shape index (κ2) is 9.36. The van der Waals surface area contributed by atoms with Crippen molar-refractivity contribution >= 4 is 38.2 Å². The van der Waals surface area contributed by atoms with Crippen LogP contribution in [-0.4, -0.2) is 26.9 Å². The number of carbonyl (C=O) groups excluding carboxylic acids is 2. The van der Waals surface area contributed by atoms with Gasteiger partial charge in [-0.3, -0.25) is 4.79 Å². The van der Waals surface area contributed by atoms with E-state index in [1.165, 1.54) is 41.9 Å². The molecule has 0 aliphatic heterocycles. The zero-order valence-electron chi connectivity index (χ0n) is 15.3. The Kier molecular flexibility index (Phi) is 6.63. The molecule has 0 radical (unpaired) electrons. The number of benzene rings is 1. The minimum atomic E-state index is -3.79. The highest BCUT2D eigenvalue weighted by Crippen LogP contribution is 2.22. The first-order valence-electron chi connectivity index (χ1n) is 8.46. The number of thiophene rings is 1. The van der Waals surface area contributed by atoms with Gasteiger partial charge in [0.25, 0.3) is 5.91 Å². The SMILES string of the molecule is N#Cc1ccsc1NC(=O)COC(=O)c1ccc(S(=O)(=O)NCc2ccco2)cc1. The molecule has 2 heterocycles. The van der Waals surface area contributed by atoms with Gasteiger partial charge < -0.3 is 14.5 Å². The first-order valence-corrected chi connectivity index (χ1v) is 10.8. The van der Waals surface area contributed by atoms with Crippen LogP contribution in [0.2, 0.25) is 0 Å². The quantitative estimate of drug-likeness (QED) is 0.508. The highest BCUT2D eigenvalue weighted by molar-refractivity contribution is 7.89. The standard InChI is InChI=1S/C19H15N3O6S2/c20-10-14-7-9-29-18(14)22-17(23)12-28-19(24)13-3-5-16(6-4-13)30(25,26)21-11-15-2-1-8-27-15/h1-9,21H,11-12H2,(H,22,23). The summed E-state index contributed by atoms with van der Waals surface area (Å²) in [7, 11) is -3.79. The van der Waals surface area contributed by atoms with Crippen LogP contribution >= 0.6 is 11.3 Å². The van der Waals surface area contributed by atoms with Crippen molar-refractivity contribution in [2.45, 2.75) is 11.4 Å². The molecule has 154 valence electrons. The minimum absolute atomic E-state index is 0.00794. The van der Waals surface area contributed by atoms with E-state index in [2.05, 4.69) is 10.0 Å². The highest BCUT2D eigenvalue weighted by Gasteiger charge is 2.17. The fraction of sp³-hybridized carbons (Fsp3) is 0.105. The molecular formula is C19H15N3O6S2. The Labute approximate surface area is 175 Å². The number of rotatable bonds is 8. The molecule has 3 aromatic rings. The monoisotopic (exact) mass is 445 g/mol. The lowest BCUT2D eigenvalue weighted by atomic mass is 10.2. The molecule has 0 aliphatic carbocycles. The molecule has 0 bridgehead atoms. The maximum absolute atomic E-state index is 12.3. The second-order valence-electron chi connectivity index (χ2n) is 5.83. The summed E-state index contributed by atoms with van der Waals surface area (Å²) in [5.74, 6) is -0.922. The van der Waals surface area contributed by atoms with Crippen molar-refractivity contribution in [1.29, 1.82) is 5.26 Å². The van der Waals surface area contributed by atoms with Gasteiger partial charge in [-0.2, -0.15) is 5.26 Å². The maximum Gasteiger partial charge on any atom is 0.338 e. The van der Waals surface area contributed by atoms with Crippen LogP contribution in [0.25, 0.3) is 0 Å². The maximum atomic E-state index is 12.3. The van der Waals surface area contributed by atoms with Crippen LogP contribution in [0.4, 0.5) is 5.00 Å². The third kappa shape index (κ3) is 5.32. The van der Waals surface area contributed by atoms with Gasteiger partial charge in [-0.25, -0.2) is 17.9 Å². The minimum Gasteiger partial charge on any atom is -0.468 e. The molecule has 0 aliphatic rings. The zero-order valence-corrected chi connectivity index (χ0v) is 17.0. The first kappa shape index (κ1) is 21.3. The van der Waals surface area contributed by atoms with Crippen molar-refractivity contribution in [3.63, 3.8) is 0 Å². The van der Waals surface area contributed by atoms with Crippen molar-refractivity contribution < 1.29 is 27.2 Å². The van der Waals surface area contributed by atoms with E-state index in [9.17, 15) is 18.0 Å². The van der Waals surface area contributed by atoms with Gasteiger partial charge in [-0.05, 0) is 47.8 Å². The molecule has 0 spiro atoms. The predicted molar refractivity (Wildman–Crippen MR) is 107 cm³/mol. The van der Waals surface area contributed by atoms with E-state index in [0.29, 0.717) is 16.3 Å². The molecule has 0 saturated heterocycles. The molecule has 9 nitrogen and oxygen atoms in total. The van der Waals surface area contributed by atoms with Gasteiger partial charge in [0.2, 0.25) is 10.0 Å². The average Bonchev–Trinajstić information content (AvgIpc) is 3.42. The molecule has 3 rings (SSSR count). The number of furan rings is 1. The van der Waals surface area contributed by atoms with Gasteiger partial charge in [-0.15, -0.1) is 11.3 Å². The Hall–Kier alpha value is -3.46. The summed E-state index contributed by atoms with van der Waals surface area (Å²) >= 11 is 1.18. The molecule has 1 aromatic carbocycles. The Bertz CT molecular complexity index is 1180. The number of nitrogens with zero attached hydrogens (tertiary/aromatic N) is 1. The molecule has 0 atom stereocenters. The van der Waals surface area contributed by atoms with E-state index in [-0.39, 0.29) is 17.0 Å². The van der Waals surface area contributed by atoms with Crippen LogP contribution < -0.4 is 10.0 Å². The highest BCUT2D eigenvalue weighted by atomic mass is 32.2. The molecular weight excluding hydrogens is 430 g/mol. The lowest BCUT2D eigenvalue weighted by Crippen LogP contribution is -2.23. The van der Waals surface area contributed by atoms with Crippen LogP contribution in [0, 0.1) is 11.3 Å². The summed E-state index contributed by atoms with van der Waals surface area (Å²) in [4.78, 5) is 23.9. The largest absolute Gasteiger partial charge is 0.468 e. The number of nitrogens with one attached hydrogen (secondary N) is 2. The summed E-state index contributed by atoms with van der Waals surface area (Å²) in [6, 6.07) is 11.9. The smallest absolute Gasteiger partial charge is 0.338 e. The summed E-state index contributed by atoms with van der Waals surface area (Å²) in [5.41, 5.74) is 0.402. The lowest BCUT2D eigenvalue weighted by molar-refractivity contribution is -0.119. The topological polar surface area (TPSA) is 138 Å². The zero-order chi connectivity index (χ0) is 21.6. The van der Waals surface area contributed by atoms with Crippen LogP contribution in [-0.2, 0) is 26.1 Å². The van der Waals surface area contributed by atoms with E-state index in [1.54, 1.807) is 23.6 Å². The van der Waals surface area contributed by atoms with E-state index >= 15 is 0 Å². The number of hydrogen-bond acceptors (Lipinski definition) is 8. The van der Waals surface area contributed by atoms with Gasteiger partial charge in [-0.1, -0.05) is 0 Å². The number of anilines is 1. The van der Waals surface area contributed by atoms with E-state index < -0.39 is 28.5 Å². The third-order valence-electron chi connectivity index (χ3n) is 3.79. The van der Waals surface area contributed by atoms with Crippen LogP contribution in [0.15, 0.2) is 63.4 Å². The van der Waals surface area contributed by atoms with Gasteiger partial charge in [0.15, 0.2) is 6.61 Å². The third-order valence-corrected chi connectivity index (χ3v) is 6.04. The number of sulfonamides is 1. The second-order valence-corrected chi connectivity index (χ2v) is 8.51. The molecule has 11 heteroatoms. The number of carbonyl (C=O) groups is 2. The van der Waals surface area contributed by atoms with Crippen molar-refractivity contribution in [2.75, 3.05) is 11.9 Å². The van der Waals surface area contributed by atoms with Crippen molar-refractivity contribution in [2.24, 2.45) is 0 Å². The number of amides is 1. The van der Waals surface area contributed by atoms with Crippen molar-refractivity contribution in [1.82, 2.24) is 4.72 Å². The molecule has 0 unspecified atom stereocenters. The Morgan fingerprint density at radius 2 is 1.93 bits per heavy atom. The molecule has 2 aromatic heterocycles. The lowest BCUT2D eigenvalue weighted by Gasteiger charge is -2.08.